The van der Waals surface area contributed by atoms with Gasteiger partial charge in [-0.2, -0.15) is 0 Å². The van der Waals surface area contributed by atoms with Crippen LogP contribution >= 0.6 is 11.6 Å². The number of ether oxygens (including phenoxy) is 1. The van der Waals surface area contributed by atoms with Crippen LogP contribution in [0.4, 0.5) is 0 Å². The standard InChI is InChI=1S/C22H32ClN3O2/c1-2-3-4-5-10-24-15-22(16-24)17-25(13-20-14-28-12-11-26(20)22)21(27)18-6-8-19(23)9-7-18/h6-9,20H,2-5,10-17H2,1H3. The van der Waals surface area contributed by atoms with Crippen LogP contribution in [0.2, 0.25) is 5.02 Å². The van der Waals surface area contributed by atoms with Crippen LogP contribution < -0.4 is 0 Å². The molecule has 1 atom stereocenters. The van der Waals surface area contributed by atoms with Gasteiger partial charge in [0.1, 0.15) is 0 Å². The molecule has 0 N–H and O–H groups in total. The fourth-order valence-corrected chi connectivity index (χ4v) is 5.24. The Morgan fingerprint density at radius 3 is 2.71 bits per heavy atom. The maximum absolute atomic E-state index is 13.1. The molecule has 1 aromatic carbocycles. The average molecular weight is 406 g/mol. The summed E-state index contributed by atoms with van der Waals surface area (Å²) in [5.41, 5.74) is 0.819. The summed E-state index contributed by atoms with van der Waals surface area (Å²) in [5.74, 6) is 0.114. The summed E-state index contributed by atoms with van der Waals surface area (Å²) in [6, 6.07) is 7.57. The van der Waals surface area contributed by atoms with Gasteiger partial charge in [0.05, 0.1) is 24.8 Å². The van der Waals surface area contributed by atoms with Crippen molar-refractivity contribution in [1.82, 2.24) is 14.7 Å². The van der Waals surface area contributed by atoms with E-state index >= 15 is 0 Å². The van der Waals surface area contributed by atoms with Gasteiger partial charge in [-0.3, -0.25) is 14.6 Å². The molecule has 5 nitrogen and oxygen atoms in total. The van der Waals surface area contributed by atoms with Crippen LogP contribution in [0.5, 0.6) is 0 Å². The molecule has 0 aliphatic carbocycles. The molecular formula is C22H32ClN3O2. The molecular weight excluding hydrogens is 374 g/mol. The molecule has 3 saturated heterocycles. The molecule has 4 rings (SSSR count). The van der Waals surface area contributed by atoms with E-state index in [1.54, 1.807) is 12.1 Å². The molecule has 3 aliphatic heterocycles. The minimum absolute atomic E-state index is 0.0968. The van der Waals surface area contributed by atoms with Crippen LogP contribution in [0.15, 0.2) is 24.3 Å². The predicted molar refractivity (Wildman–Crippen MR) is 112 cm³/mol. The average Bonchev–Trinajstić information content (AvgIpc) is 2.69. The van der Waals surface area contributed by atoms with Crippen molar-refractivity contribution in [3.05, 3.63) is 34.9 Å². The lowest BCUT2D eigenvalue weighted by Gasteiger charge is -2.63. The zero-order chi connectivity index (χ0) is 19.6. The quantitative estimate of drug-likeness (QED) is 0.681. The monoisotopic (exact) mass is 405 g/mol. The van der Waals surface area contributed by atoms with E-state index in [9.17, 15) is 4.79 Å². The molecule has 1 unspecified atom stereocenters. The molecule has 3 aliphatic rings. The third-order valence-corrected chi connectivity index (χ3v) is 6.75. The molecule has 6 heteroatoms. The van der Waals surface area contributed by atoms with E-state index in [4.69, 9.17) is 16.3 Å². The molecule has 1 amide bonds. The zero-order valence-electron chi connectivity index (χ0n) is 16.9. The number of unbranched alkanes of at least 4 members (excludes halogenated alkanes) is 3. The zero-order valence-corrected chi connectivity index (χ0v) is 17.7. The van der Waals surface area contributed by atoms with Crippen LogP contribution in [0.3, 0.4) is 0 Å². The highest BCUT2D eigenvalue weighted by molar-refractivity contribution is 6.30. The third-order valence-electron chi connectivity index (χ3n) is 6.50. The third kappa shape index (κ3) is 4.09. The number of nitrogens with zero attached hydrogens (tertiary/aromatic N) is 3. The number of likely N-dealkylation sites (tertiary alicyclic amines) is 1. The van der Waals surface area contributed by atoms with Crippen LogP contribution in [0, 0.1) is 0 Å². The summed E-state index contributed by atoms with van der Waals surface area (Å²) in [4.78, 5) is 20.4. The van der Waals surface area contributed by atoms with Crippen LogP contribution in [0.25, 0.3) is 0 Å². The first-order valence-electron chi connectivity index (χ1n) is 10.7. The van der Waals surface area contributed by atoms with Gasteiger partial charge in [0.2, 0.25) is 0 Å². The second-order valence-corrected chi connectivity index (χ2v) is 9.05. The van der Waals surface area contributed by atoms with E-state index < -0.39 is 0 Å². The Hall–Kier alpha value is -1.14. The van der Waals surface area contributed by atoms with Crippen molar-refractivity contribution in [2.45, 2.75) is 44.2 Å². The highest BCUT2D eigenvalue weighted by Gasteiger charge is 2.54. The molecule has 0 saturated carbocycles. The number of benzene rings is 1. The van der Waals surface area contributed by atoms with Crippen LogP contribution in [-0.4, -0.2) is 84.7 Å². The van der Waals surface area contributed by atoms with Gasteiger partial charge in [-0.1, -0.05) is 37.8 Å². The number of hydrogen-bond acceptors (Lipinski definition) is 4. The van der Waals surface area contributed by atoms with E-state index in [0.29, 0.717) is 11.1 Å². The SMILES string of the molecule is CCCCCCN1CC2(C1)CN(C(=O)c1ccc(Cl)cc1)CC1COCCN12. The Morgan fingerprint density at radius 1 is 1.18 bits per heavy atom. The van der Waals surface area contributed by atoms with Crippen molar-refractivity contribution >= 4 is 17.5 Å². The van der Waals surface area contributed by atoms with Crippen molar-refractivity contribution in [1.29, 1.82) is 0 Å². The summed E-state index contributed by atoms with van der Waals surface area (Å²) in [6.45, 7) is 9.66. The van der Waals surface area contributed by atoms with Crippen molar-refractivity contribution < 1.29 is 9.53 Å². The summed E-state index contributed by atoms with van der Waals surface area (Å²) in [6.07, 6.45) is 5.21. The fraction of sp³-hybridized carbons (Fsp3) is 0.682. The molecule has 3 fully saturated rings. The fourth-order valence-electron chi connectivity index (χ4n) is 5.11. The number of piperazine rings is 1. The molecule has 1 spiro atoms. The Labute approximate surface area is 173 Å². The number of halogens is 1. The van der Waals surface area contributed by atoms with Crippen molar-refractivity contribution in [3.63, 3.8) is 0 Å². The second-order valence-electron chi connectivity index (χ2n) is 8.61. The number of rotatable bonds is 6. The van der Waals surface area contributed by atoms with Gasteiger partial charge < -0.3 is 9.64 Å². The maximum Gasteiger partial charge on any atom is 0.253 e. The van der Waals surface area contributed by atoms with Crippen molar-refractivity contribution in [2.75, 3.05) is 52.5 Å². The Kier molecular flexibility index (Phi) is 6.26. The summed E-state index contributed by atoms with van der Waals surface area (Å²) in [5, 5.41) is 0.663. The minimum Gasteiger partial charge on any atom is -0.378 e. The van der Waals surface area contributed by atoms with Crippen LogP contribution in [0.1, 0.15) is 43.0 Å². The van der Waals surface area contributed by atoms with E-state index in [1.807, 2.05) is 17.0 Å². The second kappa shape index (κ2) is 8.70. The number of amides is 1. The lowest BCUT2D eigenvalue weighted by Crippen LogP contribution is -2.80. The molecule has 3 heterocycles. The van der Waals surface area contributed by atoms with E-state index in [1.165, 1.54) is 32.2 Å². The smallest absolute Gasteiger partial charge is 0.253 e. The van der Waals surface area contributed by atoms with Gasteiger partial charge in [0.15, 0.2) is 0 Å². The Bertz CT molecular complexity index is 675. The molecule has 0 bridgehead atoms. The van der Waals surface area contributed by atoms with Crippen molar-refractivity contribution in [3.8, 4) is 0 Å². The largest absolute Gasteiger partial charge is 0.378 e. The minimum atomic E-state index is 0.0968. The first-order chi connectivity index (χ1) is 13.6. The predicted octanol–water partition coefficient (Wildman–Crippen LogP) is 3.13. The lowest BCUT2D eigenvalue weighted by atomic mass is 9.82. The number of carbonyl (C=O) groups is 1. The first-order valence-corrected chi connectivity index (χ1v) is 11.1. The molecule has 1 aromatic rings. The molecule has 0 aromatic heterocycles. The van der Waals surface area contributed by atoms with Gasteiger partial charge in [-0.25, -0.2) is 0 Å². The van der Waals surface area contributed by atoms with E-state index in [-0.39, 0.29) is 11.4 Å². The summed E-state index contributed by atoms with van der Waals surface area (Å²) in [7, 11) is 0. The van der Waals surface area contributed by atoms with Gasteiger partial charge >= 0.3 is 0 Å². The molecule has 154 valence electrons. The number of fused-ring (bicyclic) bond motifs is 2. The van der Waals surface area contributed by atoms with Gasteiger partial charge in [0, 0.05) is 43.3 Å². The highest BCUT2D eigenvalue weighted by Crippen LogP contribution is 2.36. The Morgan fingerprint density at radius 2 is 1.96 bits per heavy atom. The maximum atomic E-state index is 13.1. The van der Waals surface area contributed by atoms with Gasteiger partial charge in [0.25, 0.3) is 5.91 Å². The number of carbonyl (C=O) groups excluding carboxylic acids is 1. The summed E-state index contributed by atoms with van der Waals surface area (Å²) < 4.78 is 5.76. The van der Waals surface area contributed by atoms with Crippen molar-refractivity contribution in [2.24, 2.45) is 0 Å². The molecule has 0 radical (unpaired) electrons. The van der Waals surface area contributed by atoms with E-state index in [0.717, 1.165) is 51.5 Å². The van der Waals surface area contributed by atoms with E-state index in [2.05, 4.69) is 16.7 Å². The van der Waals surface area contributed by atoms with Gasteiger partial charge in [-0.05, 0) is 37.2 Å². The lowest BCUT2D eigenvalue weighted by molar-refractivity contribution is -0.158. The number of morpholine rings is 1. The Balaban J connectivity index is 1.43. The normalized spacial score (nSPS) is 24.8. The molecule has 28 heavy (non-hydrogen) atoms. The topological polar surface area (TPSA) is 36.0 Å². The van der Waals surface area contributed by atoms with Gasteiger partial charge in [-0.15, -0.1) is 0 Å². The highest BCUT2D eigenvalue weighted by atomic mass is 35.5. The summed E-state index contributed by atoms with van der Waals surface area (Å²) >= 11 is 5.99. The van der Waals surface area contributed by atoms with Crippen LogP contribution in [-0.2, 0) is 4.74 Å². The first kappa shape index (κ1) is 20.1. The number of hydrogen-bond donors (Lipinski definition) is 0.